The summed E-state index contributed by atoms with van der Waals surface area (Å²) in [6.45, 7) is 6.58. The minimum absolute atomic E-state index is 0.0439. The van der Waals surface area contributed by atoms with Crippen molar-refractivity contribution >= 4 is 15.9 Å². The smallest absolute Gasteiger partial charge is 0.254 e. The van der Waals surface area contributed by atoms with Crippen molar-refractivity contribution < 1.29 is 17.9 Å². The average molecular weight is 391 g/mol. The van der Waals surface area contributed by atoms with Gasteiger partial charge in [0.2, 0.25) is 10.0 Å². The molecule has 0 saturated heterocycles. The second-order valence-electron chi connectivity index (χ2n) is 6.94. The largest absolute Gasteiger partial charge is 0.493 e. The molecule has 0 fully saturated rings. The van der Waals surface area contributed by atoms with E-state index in [0.717, 1.165) is 5.56 Å². The standard InChI is InChI=1S/C20H26N2O4S/c1-14(2)13-26-18-7-5-6-17(12-18)20(23)22(4)15(3)16-8-10-19(11-9-16)27(21,24)25/h5-12,14-15H,13H2,1-4H3,(H2,21,24,25). The summed E-state index contributed by atoms with van der Waals surface area (Å²) >= 11 is 0. The minimum Gasteiger partial charge on any atom is -0.493 e. The van der Waals surface area contributed by atoms with Crippen LogP contribution in [0.4, 0.5) is 0 Å². The van der Waals surface area contributed by atoms with Crippen molar-refractivity contribution in [1.82, 2.24) is 4.90 Å². The van der Waals surface area contributed by atoms with Crippen molar-refractivity contribution in [3.05, 3.63) is 59.7 Å². The Hall–Kier alpha value is -2.38. The maximum atomic E-state index is 12.8. The van der Waals surface area contributed by atoms with E-state index in [4.69, 9.17) is 9.88 Å². The second kappa shape index (κ2) is 8.54. The van der Waals surface area contributed by atoms with Gasteiger partial charge >= 0.3 is 0 Å². The number of ether oxygens (including phenoxy) is 1. The normalized spacial score (nSPS) is 12.7. The Bertz CT molecular complexity index is 892. The number of primary sulfonamides is 1. The quantitative estimate of drug-likeness (QED) is 0.786. The van der Waals surface area contributed by atoms with Gasteiger partial charge in [-0.2, -0.15) is 0 Å². The molecule has 1 amide bonds. The molecule has 6 nitrogen and oxygen atoms in total. The highest BCUT2D eigenvalue weighted by Crippen LogP contribution is 2.23. The molecule has 0 aromatic heterocycles. The van der Waals surface area contributed by atoms with Crippen LogP contribution in [0.25, 0.3) is 0 Å². The Morgan fingerprint density at radius 3 is 2.30 bits per heavy atom. The van der Waals surface area contributed by atoms with E-state index in [1.165, 1.54) is 12.1 Å². The zero-order chi connectivity index (χ0) is 20.2. The summed E-state index contributed by atoms with van der Waals surface area (Å²) in [5.41, 5.74) is 1.34. The van der Waals surface area contributed by atoms with Gasteiger partial charge in [-0.25, -0.2) is 13.6 Å². The molecule has 0 spiro atoms. The van der Waals surface area contributed by atoms with E-state index >= 15 is 0 Å². The van der Waals surface area contributed by atoms with Crippen LogP contribution < -0.4 is 9.88 Å². The molecule has 0 aliphatic heterocycles. The highest BCUT2D eigenvalue weighted by Gasteiger charge is 2.20. The van der Waals surface area contributed by atoms with Gasteiger partial charge in [-0.3, -0.25) is 4.79 Å². The first-order valence-electron chi connectivity index (χ1n) is 8.72. The third-order valence-electron chi connectivity index (χ3n) is 4.26. The SMILES string of the molecule is CC(C)COc1cccc(C(=O)N(C)C(C)c2ccc(S(N)(=O)=O)cc2)c1. The zero-order valence-corrected chi connectivity index (χ0v) is 16.9. The summed E-state index contributed by atoms with van der Waals surface area (Å²) in [7, 11) is -2.03. The van der Waals surface area contributed by atoms with E-state index < -0.39 is 10.0 Å². The van der Waals surface area contributed by atoms with Crippen molar-refractivity contribution in [1.29, 1.82) is 0 Å². The molecule has 0 radical (unpaired) electrons. The lowest BCUT2D eigenvalue weighted by Crippen LogP contribution is -2.29. The molecule has 1 atom stereocenters. The molecule has 0 bridgehead atoms. The van der Waals surface area contributed by atoms with Gasteiger partial charge in [0, 0.05) is 12.6 Å². The molecule has 2 rings (SSSR count). The van der Waals surface area contributed by atoms with E-state index in [0.29, 0.717) is 23.8 Å². The van der Waals surface area contributed by atoms with Crippen LogP contribution in [0.3, 0.4) is 0 Å². The lowest BCUT2D eigenvalue weighted by molar-refractivity contribution is 0.0742. The molecule has 2 aromatic carbocycles. The van der Waals surface area contributed by atoms with Gasteiger partial charge in [-0.05, 0) is 48.7 Å². The van der Waals surface area contributed by atoms with Crippen LogP contribution in [0.1, 0.15) is 42.7 Å². The molecule has 7 heteroatoms. The van der Waals surface area contributed by atoms with Crippen molar-refractivity contribution in [3.8, 4) is 5.75 Å². The maximum Gasteiger partial charge on any atom is 0.254 e. The summed E-state index contributed by atoms with van der Waals surface area (Å²) in [6, 6.07) is 13.1. The molecular formula is C20H26N2O4S. The number of carbonyl (C=O) groups is 1. The monoisotopic (exact) mass is 390 g/mol. The Morgan fingerprint density at radius 1 is 1.11 bits per heavy atom. The fraction of sp³-hybridized carbons (Fsp3) is 0.350. The van der Waals surface area contributed by atoms with Crippen LogP contribution >= 0.6 is 0 Å². The Kier molecular flexibility index (Phi) is 6.62. The van der Waals surface area contributed by atoms with Crippen LogP contribution in [0, 0.1) is 5.92 Å². The number of nitrogens with zero attached hydrogens (tertiary/aromatic N) is 1. The van der Waals surface area contributed by atoms with E-state index in [-0.39, 0.29) is 16.8 Å². The number of carbonyl (C=O) groups excluding carboxylic acids is 1. The fourth-order valence-corrected chi connectivity index (χ4v) is 3.04. The highest BCUT2D eigenvalue weighted by molar-refractivity contribution is 7.89. The third-order valence-corrected chi connectivity index (χ3v) is 5.19. The topological polar surface area (TPSA) is 89.7 Å². The zero-order valence-electron chi connectivity index (χ0n) is 16.0. The molecule has 0 aliphatic carbocycles. The Morgan fingerprint density at radius 2 is 1.74 bits per heavy atom. The van der Waals surface area contributed by atoms with Gasteiger partial charge in [0.25, 0.3) is 5.91 Å². The molecule has 27 heavy (non-hydrogen) atoms. The summed E-state index contributed by atoms with van der Waals surface area (Å²) in [5.74, 6) is 0.911. The Balaban J connectivity index is 2.15. The molecule has 0 saturated carbocycles. The summed E-state index contributed by atoms with van der Waals surface area (Å²) < 4.78 is 28.4. The maximum absolute atomic E-state index is 12.8. The van der Waals surface area contributed by atoms with Gasteiger partial charge in [0.05, 0.1) is 17.5 Å². The number of amides is 1. The summed E-state index contributed by atoms with van der Waals surface area (Å²) in [6.07, 6.45) is 0. The van der Waals surface area contributed by atoms with Gasteiger partial charge < -0.3 is 9.64 Å². The van der Waals surface area contributed by atoms with Gasteiger partial charge in [-0.15, -0.1) is 0 Å². The number of sulfonamides is 1. The summed E-state index contributed by atoms with van der Waals surface area (Å²) in [4.78, 5) is 14.5. The number of rotatable bonds is 7. The van der Waals surface area contributed by atoms with Crippen LogP contribution in [-0.4, -0.2) is 32.9 Å². The second-order valence-corrected chi connectivity index (χ2v) is 8.50. The summed E-state index contributed by atoms with van der Waals surface area (Å²) in [5, 5.41) is 5.12. The van der Waals surface area contributed by atoms with Crippen LogP contribution in [0.15, 0.2) is 53.4 Å². The molecule has 2 N–H and O–H groups in total. The predicted molar refractivity (Wildman–Crippen MR) is 105 cm³/mol. The van der Waals surface area contributed by atoms with Crippen molar-refractivity contribution in [2.24, 2.45) is 11.1 Å². The minimum atomic E-state index is -3.74. The Labute approximate surface area is 161 Å². The van der Waals surface area contributed by atoms with E-state index in [1.807, 2.05) is 13.0 Å². The van der Waals surface area contributed by atoms with Crippen molar-refractivity contribution in [3.63, 3.8) is 0 Å². The molecule has 0 aliphatic rings. The fourth-order valence-electron chi connectivity index (χ4n) is 2.52. The van der Waals surface area contributed by atoms with Gasteiger partial charge in [-0.1, -0.05) is 32.0 Å². The molecule has 1 unspecified atom stereocenters. The van der Waals surface area contributed by atoms with Crippen LogP contribution in [0.2, 0.25) is 0 Å². The van der Waals surface area contributed by atoms with Gasteiger partial charge in [0.15, 0.2) is 0 Å². The average Bonchev–Trinajstić information content (AvgIpc) is 2.64. The predicted octanol–water partition coefficient (Wildman–Crippen LogP) is 3.20. The molecule has 0 heterocycles. The first-order chi connectivity index (χ1) is 12.6. The van der Waals surface area contributed by atoms with E-state index in [9.17, 15) is 13.2 Å². The molecular weight excluding hydrogens is 364 g/mol. The number of nitrogens with two attached hydrogens (primary N) is 1. The lowest BCUT2D eigenvalue weighted by Gasteiger charge is -2.26. The van der Waals surface area contributed by atoms with Crippen molar-refractivity contribution in [2.45, 2.75) is 31.7 Å². The van der Waals surface area contributed by atoms with Crippen LogP contribution in [-0.2, 0) is 10.0 Å². The number of benzene rings is 2. The first kappa shape index (κ1) is 20.9. The number of hydrogen-bond acceptors (Lipinski definition) is 4. The van der Waals surface area contributed by atoms with Crippen LogP contribution in [0.5, 0.6) is 5.75 Å². The van der Waals surface area contributed by atoms with Crippen molar-refractivity contribution in [2.75, 3.05) is 13.7 Å². The first-order valence-corrected chi connectivity index (χ1v) is 10.3. The van der Waals surface area contributed by atoms with E-state index in [1.54, 1.807) is 42.3 Å². The van der Waals surface area contributed by atoms with E-state index in [2.05, 4.69) is 13.8 Å². The number of hydrogen-bond donors (Lipinski definition) is 1. The lowest BCUT2D eigenvalue weighted by atomic mass is 10.1. The third kappa shape index (κ3) is 5.55. The van der Waals surface area contributed by atoms with Gasteiger partial charge in [0.1, 0.15) is 5.75 Å². The molecule has 146 valence electrons. The highest BCUT2D eigenvalue weighted by atomic mass is 32.2. The molecule has 2 aromatic rings.